The van der Waals surface area contributed by atoms with Gasteiger partial charge in [0.2, 0.25) is 11.8 Å². The molecule has 1 fully saturated rings. The summed E-state index contributed by atoms with van der Waals surface area (Å²) in [7, 11) is 0. The maximum absolute atomic E-state index is 12.4. The van der Waals surface area contributed by atoms with Gasteiger partial charge in [-0.25, -0.2) is 4.68 Å². The highest BCUT2D eigenvalue weighted by Crippen LogP contribution is 2.30. The molecule has 1 aromatic heterocycles. The zero-order chi connectivity index (χ0) is 21.8. The molecule has 6 nitrogen and oxygen atoms in total. The molecule has 4 rings (SSSR count). The van der Waals surface area contributed by atoms with Crippen LogP contribution in [-0.4, -0.2) is 21.6 Å². The molecule has 0 unspecified atom stereocenters. The lowest BCUT2D eigenvalue weighted by Crippen LogP contribution is -2.20. The molecule has 0 atom stereocenters. The van der Waals surface area contributed by atoms with E-state index >= 15 is 0 Å². The number of aromatic nitrogens is 2. The van der Waals surface area contributed by atoms with Crippen LogP contribution in [0.4, 0.5) is 5.69 Å². The third kappa shape index (κ3) is 5.09. The zero-order valence-corrected chi connectivity index (χ0v) is 17.8. The highest BCUT2D eigenvalue weighted by atomic mass is 16.2. The minimum atomic E-state index is -0.182. The molecule has 3 aromatic rings. The van der Waals surface area contributed by atoms with Gasteiger partial charge in [-0.1, -0.05) is 30.3 Å². The third-order valence-corrected chi connectivity index (χ3v) is 5.36. The van der Waals surface area contributed by atoms with Gasteiger partial charge in [-0.2, -0.15) is 5.10 Å². The van der Waals surface area contributed by atoms with Gasteiger partial charge >= 0.3 is 0 Å². The van der Waals surface area contributed by atoms with E-state index in [9.17, 15) is 9.59 Å². The van der Waals surface area contributed by atoms with Gasteiger partial charge in [0.05, 0.1) is 11.4 Å². The lowest BCUT2D eigenvalue weighted by molar-refractivity contribution is -0.117. The highest BCUT2D eigenvalue weighted by Gasteiger charge is 2.29. The average Bonchev–Trinajstić information content (AvgIpc) is 3.58. The molecule has 0 saturated heterocycles. The molecule has 31 heavy (non-hydrogen) atoms. The van der Waals surface area contributed by atoms with Crippen LogP contribution < -0.4 is 10.6 Å². The van der Waals surface area contributed by atoms with Crippen molar-refractivity contribution in [2.24, 2.45) is 5.92 Å². The molecule has 0 aliphatic heterocycles. The molecule has 0 bridgehead atoms. The van der Waals surface area contributed by atoms with Crippen molar-refractivity contribution < 1.29 is 9.59 Å². The molecular weight excluding hydrogens is 388 g/mol. The fourth-order valence-corrected chi connectivity index (χ4v) is 3.47. The van der Waals surface area contributed by atoms with Crippen LogP contribution in [-0.2, 0) is 16.1 Å². The fraction of sp³-hybridized carbons (Fsp3) is 0.240. The molecule has 1 heterocycles. The number of carbonyl (C=O) groups is 2. The van der Waals surface area contributed by atoms with Crippen molar-refractivity contribution in [2.75, 3.05) is 5.32 Å². The van der Waals surface area contributed by atoms with Crippen LogP contribution in [0.3, 0.4) is 0 Å². The van der Waals surface area contributed by atoms with Gasteiger partial charge in [-0.05, 0) is 62.6 Å². The van der Waals surface area contributed by atoms with Crippen LogP contribution in [0.5, 0.6) is 0 Å². The Morgan fingerprint density at radius 2 is 1.87 bits per heavy atom. The van der Waals surface area contributed by atoms with Crippen LogP contribution in [0.2, 0.25) is 0 Å². The molecular formula is C25H26N4O2. The topological polar surface area (TPSA) is 76.0 Å². The van der Waals surface area contributed by atoms with Crippen molar-refractivity contribution in [3.8, 4) is 5.69 Å². The number of nitrogens with one attached hydrogen (secondary N) is 2. The van der Waals surface area contributed by atoms with E-state index in [1.807, 2.05) is 73.1 Å². The average molecular weight is 415 g/mol. The van der Waals surface area contributed by atoms with E-state index in [4.69, 9.17) is 0 Å². The van der Waals surface area contributed by atoms with E-state index in [1.54, 1.807) is 6.08 Å². The van der Waals surface area contributed by atoms with Gasteiger partial charge < -0.3 is 10.6 Å². The normalized spacial score (nSPS) is 13.4. The number of carbonyl (C=O) groups excluding carboxylic acids is 2. The van der Waals surface area contributed by atoms with Gasteiger partial charge in [-0.15, -0.1) is 0 Å². The quantitative estimate of drug-likeness (QED) is 0.570. The van der Waals surface area contributed by atoms with Crippen LogP contribution in [0.25, 0.3) is 11.8 Å². The Balaban J connectivity index is 1.37. The first-order chi connectivity index (χ1) is 15.0. The predicted octanol–water partition coefficient (Wildman–Crippen LogP) is 4.17. The van der Waals surface area contributed by atoms with Crippen molar-refractivity contribution in [2.45, 2.75) is 33.2 Å². The van der Waals surface area contributed by atoms with Crippen molar-refractivity contribution in [1.82, 2.24) is 15.1 Å². The van der Waals surface area contributed by atoms with E-state index in [2.05, 4.69) is 15.7 Å². The number of hydrogen-bond donors (Lipinski definition) is 2. The van der Waals surface area contributed by atoms with Gasteiger partial charge in [0.1, 0.15) is 0 Å². The Hall–Kier alpha value is -3.67. The van der Waals surface area contributed by atoms with Gasteiger partial charge in [0, 0.05) is 35.5 Å². The number of rotatable bonds is 7. The van der Waals surface area contributed by atoms with Crippen molar-refractivity contribution in [3.05, 3.63) is 83.2 Å². The molecule has 1 saturated carbocycles. The number of aryl methyl sites for hydroxylation is 1. The minimum absolute atomic E-state index is 0.0749. The zero-order valence-electron chi connectivity index (χ0n) is 17.8. The van der Waals surface area contributed by atoms with Crippen LogP contribution in [0.1, 0.15) is 35.4 Å². The molecule has 0 radical (unpaired) electrons. The predicted molar refractivity (Wildman–Crippen MR) is 122 cm³/mol. The second kappa shape index (κ2) is 9.00. The summed E-state index contributed by atoms with van der Waals surface area (Å²) in [5.74, 6) is 0.0521. The molecule has 0 spiro atoms. The van der Waals surface area contributed by atoms with Crippen LogP contribution in [0.15, 0.2) is 60.7 Å². The fourth-order valence-electron chi connectivity index (χ4n) is 3.47. The number of anilines is 1. The van der Waals surface area contributed by atoms with Crippen molar-refractivity contribution in [3.63, 3.8) is 0 Å². The number of amides is 2. The smallest absolute Gasteiger partial charge is 0.244 e. The Kier molecular flexibility index (Phi) is 5.98. The summed E-state index contributed by atoms with van der Waals surface area (Å²) in [4.78, 5) is 24.3. The Morgan fingerprint density at radius 3 is 2.61 bits per heavy atom. The van der Waals surface area contributed by atoms with E-state index in [0.29, 0.717) is 6.54 Å². The Morgan fingerprint density at radius 1 is 1.10 bits per heavy atom. The summed E-state index contributed by atoms with van der Waals surface area (Å²) in [5.41, 5.74) is 5.46. The standard InChI is InChI=1S/C25H26N4O2/c1-17-23(18(2)29(28-17)22-9-4-3-5-10-22)13-14-24(30)26-16-19-7-6-8-21(15-19)27-25(31)20-11-12-20/h3-10,13-15,20H,11-12,16H2,1-2H3,(H,26,30)(H,27,31)/b14-13+. The minimum Gasteiger partial charge on any atom is -0.348 e. The van der Waals surface area contributed by atoms with Crippen LogP contribution >= 0.6 is 0 Å². The Labute approximate surface area is 182 Å². The number of nitrogens with zero attached hydrogens (tertiary/aromatic N) is 2. The Bertz CT molecular complexity index is 1130. The van der Waals surface area contributed by atoms with Gasteiger partial charge in [-0.3, -0.25) is 9.59 Å². The summed E-state index contributed by atoms with van der Waals surface area (Å²) in [6.07, 6.45) is 5.28. The molecule has 1 aliphatic carbocycles. The molecule has 2 N–H and O–H groups in total. The monoisotopic (exact) mass is 414 g/mol. The number of hydrogen-bond acceptors (Lipinski definition) is 3. The first-order valence-corrected chi connectivity index (χ1v) is 10.5. The number of benzene rings is 2. The molecule has 6 heteroatoms. The SMILES string of the molecule is Cc1nn(-c2ccccc2)c(C)c1/C=C/C(=O)NCc1cccc(NC(=O)C2CC2)c1. The van der Waals surface area contributed by atoms with Crippen molar-refractivity contribution in [1.29, 1.82) is 0 Å². The lowest BCUT2D eigenvalue weighted by atomic mass is 10.1. The van der Waals surface area contributed by atoms with Gasteiger partial charge in [0.15, 0.2) is 0 Å². The van der Waals surface area contributed by atoms with E-state index in [0.717, 1.165) is 46.7 Å². The highest BCUT2D eigenvalue weighted by molar-refractivity contribution is 5.94. The van der Waals surface area contributed by atoms with Gasteiger partial charge in [0.25, 0.3) is 0 Å². The second-order valence-electron chi connectivity index (χ2n) is 7.85. The van der Waals surface area contributed by atoms with E-state index < -0.39 is 0 Å². The molecule has 1 aliphatic rings. The van der Waals surface area contributed by atoms with Crippen molar-refractivity contribution >= 4 is 23.6 Å². The number of para-hydroxylation sites is 1. The third-order valence-electron chi connectivity index (χ3n) is 5.36. The maximum Gasteiger partial charge on any atom is 0.244 e. The molecule has 158 valence electrons. The maximum atomic E-state index is 12.4. The summed E-state index contributed by atoms with van der Waals surface area (Å²) in [5, 5.41) is 10.4. The van der Waals surface area contributed by atoms with E-state index in [1.165, 1.54) is 6.08 Å². The summed E-state index contributed by atoms with van der Waals surface area (Å²) in [6.45, 7) is 4.31. The largest absolute Gasteiger partial charge is 0.348 e. The second-order valence-corrected chi connectivity index (χ2v) is 7.85. The van der Waals surface area contributed by atoms with E-state index in [-0.39, 0.29) is 17.7 Å². The first-order valence-electron chi connectivity index (χ1n) is 10.5. The summed E-state index contributed by atoms with van der Waals surface area (Å²) >= 11 is 0. The summed E-state index contributed by atoms with van der Waals surface area (Å²) < 4.78 is 1.88. The molecule has 2 amide bonds. The molecule has 2 aromatic carbocycles. The lowest BCUT2D eigenvalue weighted by Gasteiger charge is -2.07. The van der Waals surface area contributed by atoms with Crippen LogP contribution in [0, 0.1) is 19.8 Å². The first kappa shape index (κ1) is 20.6. The summed E-state index contributed by atoms with van der Waals surface area (Å²) in [6, 6.07) is 17.5.